The second-order valence-corrected chi connectivity index (χ2v) is 6.47. The molecule has 0 aliphatic carbocycles. The number of hydrogen-bond donors (Lipinski definition) is 2. The van der Waals surface area contributed by atoms with Crippen LogP contribution in [0.15, 0.2) is 60.8 Å². The summed E-state index contributed by atoms with van der Waals surface area (Å²) in [6.07, 6.45) is 1.80. The van der Waals surface area contributed by atoms with Gasteiger partial charge >= 0.3 is 0 Å². The third kappa shape index (κ3) is 2.91. The molecule has 0 aliphatic rings. The highest BCUT2D eigenvalue weighted by Gasteiger charge is 2.17. The fourth-order valence-electron chi connectivity index (χ4n) is 3.45. The van der Waals surface area contributed by atoms with E-state index in [-0.39, 0.29) is 12.5 Å². The molecule has 4 rings (SSSR count). The third-order valence-corrected chi connectivity index (χ3v) is 4.67. The van der Waals surface area contributed by atoms with Crippen LogP contribution in [0.5, 0.6) is 0 Å². The van der Waals surface area contributed by atoms with E-state index >= 15 is 0 Å². The van der Waals surface area contributed by atoms with Crippen LogP contribution in [0.1, 0.15) is 10.4 Å². The Morgan fingerprint density at radius 1 is 0.963 bits per heavy atom. The van der Waals surface area contributed by atoms with E-state index in [1.165, 1.54) is 4.90 Å². The second kappa shape index (κ2) is 6.57. The summed E-state index contributed by atoms with van der Waals surface area (Å²) < 4.78 is 0. The van der Waals surface area contributed by atoms with Crippen molar-refractivity contribution in [2.24, 2.45) is 5.73 Å². The number of aromatic nitrogens is 2. The van der Waals surface area contributed by atoms with Crippen molar-refractivity contribution in [3.05, 3.63) is 66.4 Å². The number of fused-ring (bicyclic) bond motifs is 2. The predicted molar refractivity (Wildman–Crippen MR) is 105 cm³/mol. The zero-order valence-corrected chi connectivity index (χ0v) is 14.8. The van der Waals surface area contributed by atoms with Crippen LogP contribution in [-0.4, -0.2) is 40.5 Å². The largest absolute Gasteiger partial charge is 0.368 e. The topological polar surface area (TPSA) is 92.1 Å². The molecule has 3 aromatic carbocycles. The highest BCUT2D eigenvalue weighted by atomic mass is 16.2. The lowest BCUT2D eigenvalue weighted by Gasteiger charge is -2.17. The molecule has 0 saturated carbocycles. The number of rotatable bonds is 4. The number of nitrogens with zero attached hydrogens (tertiary/aromatic N) is 2. The summed E-state index contributed by atoms with van der Waals surface area (Å²) in [5, 5.41) is 9.93. The first-order valence-electron chi connectivity index (χ1n) is 8.54. The van der Waals surface area contributed by atoms with Crippen LogP contribution in [-0.2, 0) is 4.79 Å². The molecule has 0 radical (unpaired) electrons. The van der Waals surface area contributed by atoms with Gasteiger partial charge in [-0.15, -0.1) is 0 Å². The van der Waals surface area contributed by atoms with Crippen molar-refractivity contribution in [3.63, 3.8) is 0 Å². The number of hydrogen-bond acceptors (Lipinski definition) is 3. The highest BCUT2D eigenvalue weighted by Crippen LogP contribution is 2.34. The van der Waals surface area contributed by atoms with Crippen molar-refractivity contribution in [1.82, 2.24) is 15.1 Å². The molecule has 4 aromatic rings. The average molecular weight is 358 g/mol. The van der Waals surface area contributed by atoms with E-state index in [1.807, 2.05) is 48.5 Å². The first kappa shape index (κ1) is 16.8. The number of nitrogens with one attached hydrogen (secondary N) is 1. The lowest BCUT2D eigenvalue weighted by molar-refractivity contribution is -0.118. The molecule has 3 N–H and O–H groups in total. The number of benzene rings is 3. The van der Waals surface area contributed by atoms with Gasteiger partial charge in [0.05, 0.1) is 18.3 Å². The van der Waals surface area contributed by atoms with Crippen molar-refractivity contribution < 1.29 is 9.59 Å². The lowest BCUT2D eigenvalue weighted by atomic mass is 9.93. The number of H-pyrrole nitrogens is 1. The molecule has 0 atom stereocenters. The normalized spacial score (nSPS) is 11.0. The van der Waals surface area contributed by atoms with Crippen molar-refractivity contribution in [2.45, 2.75) is 0 Å². The highest BCUT2D eigenvalue weighted by molar-refractivity contribution is 6.12. The monoisotopic (exact) mass is 358 g/mol. The van der Waals surface area contributed by atoms with E-state index < -0.39 is 5.91 Å². The minimum atomic E-state index is -0.543. The number of carbonyl (C=O) groups is 2. The van der Waals surface area contributed by atoms with Crippen LogP contribution in [0.3, 0.4) is 0 Å². The zero-order valence-electron chi connectivity index (χ0n) is 14.8. The van der Waals surface area contributed by atoms with Gasteiger partial charge in [0.25, 0.3) is 5.91 Å². The first-order chi connectivity index (χ1) is 13.1. The zero-order chi connectivity index (χ0) is 19.0. The Kier molecular flexibility index (Phi) is 4.08. The van der Waals surface area contributed by atoms with E-state index in [0.29, 0.717) is 5.56 Å². The van der Waals surface area contributed by atoms with Crippen LogP contribution >= 0.6 is 0 Å². The Bertz CT molecular complexity index is 1180. The van der Waals surface area contributed by atoms with Gasteiger partial charge in [0.2, 0.25) is 5.91 Å². The summed E-state index contributed by atoms with van der Waals surface area (Å²) in [6.45, 7) is -0.122. The van der Waals surface area contributed by atoms with Crippen LogP contribution in [0, 0.1) is 0 Å². The van der Waals surface area contributed by atoms with E-state index in [9.17, 15) is 9.59 Å². The molecule has 1 aromatic heterocycles. The molecule has 27 heavy (non-hydrogen) atoms. The molecule has 2 amide bonds. The van der Waals surface area contributed by atoms with Gasteiger partial charge in [-0.3, -0.25) is 14.7 Å². The summed E-state index contributed by atoms with van der Waals surface area (Å²) in [5.41, 5.74) is 8.78. The van der Waals surface area contributed by atoms with E-state index in [0.717, 1.165) is 32.8 Å². The quantitative estimate of drug-likeness (QED) is 0.587. The molecule has 6 nitrogen and oxygen atoms in total. The van der Waals surface area contributed by atoms with Gasteiger partial charge in [0.15, 0.2) is 0 Å². The molecule has 0 unspecified atom stereocenters. The smallest absolute Gasteiger partial charge is 0.254 e. The van der Waals surface area contributed by atoms with E-state index in [4.69, 9.17) is 5.73 Å². The predicted octanol–water partition coefficient (Wildman–Crippen LogP) is 2.94. The second-order valence-electron chi connectivity index (χ2n) is 6.47. The van der Waals surface area contributed by atoms with Crippen molar-refractivity contribution in [1.29, 1.82) is 0 Å². The SMILES string of the molecule is CN(CC(N)=O)C(=O)c1cccc2c(-c3cccc4[nH]ncc34)cccc12. The molecule has 0 fully saturated rings. The Hall–Kier alpha value is -3.67. The van der Waals surface area contributed by atoms with Gasteiger partial charge in [-0.2, -0.15) is 5.10 Å². The number of primary amides is 1. The van der Waals surface area contributed by atoms with E-state index in [1.54, 1.807) is 19.3 Å². The number of likely N-dealkylation sites (N-methyl/N-ethyl adjacent to an activating group) is 1. The maximum Gasteiger partial charge on any atom is 0.254 e. The average Bonchev–Trinajstić information content (AvgIpc) is 3.15. The molecule has 6 heteroatoms. The Balaban J connectivity index is 1.90. The Morgan fingerprint density at radius 3 is 2.41 bits per heavy atom. The Labute approximate surface area is 155 Å². The minimum absolute atomic E-state index is 0.122. The summed E-state index contributed by atoms with van der Waals surface area (Å²) in [5.74, 6) is -0.781. The summed E-state index contributed by atoms with van der Waals surface area (Å²) >= 11 is 0. The van der Waals surface area contributed by atoms with Crippen LogP contribution in [0.2, 0.25) is 0 Å². The van der Waals surface area contributed by atoms with Gasteiger partial charge in [-0.1, -0.05) is 42.5 Å². The summed E-state index contributed by atoms with van der Waals surface area (Å²) in [4.78, 5) is 25.3. The maximum absolute atomic E-state index is 12.8. The summed E-state index contributed by atoms with van der Waals surface area (Å²) in [6, 6.07) is 17.5. The van der Waals surface area contributed by atoms with Crippen molar-refractivity contribution >= 4 is 33.5 Å². The van der Waals surface area contributed by atoms with Crippen molar-refractivity contribution in [2.75, 3.05) is 13.6 Å². The number of carbonyl (C=O) groups excluding carboxylic acids is 2. The minimum Gasteiger partial charge on any atom is -0.368 e. The molecule has 0 bridgehead atoms. The molecular formula is C21H18N4O2. The van der Waals surface area contributed by atoms with Gasteiger partial charge in [0, 0.05) is 18.0 Å². The number of aromatic amines is 1. The van der Waals surface area contributed by atoms with Gasteiger partial charge in [-0.05, 0) is 34.0 Å². The van der Waals surface area contributed by atoms with Crippen LogP contribution in [0.25, 0.3) is 32.8 Å². The molecular weight excluding hydrogens is 340 g/mol. The molecule has 0 aliphatic heterocycles. The van der Waals surface area contributed by atoms with Gasteiger partial charge in [-0.25, -0.2) is 0 Å². The van der Waals surface area contributed by atoms with Gasteiger partial charge < -0.3 is 10.6 Å². The van der Waals surface area contributed by atoms with Gasteiger partial charge in [0.1, 0.15) is 0 Å². The number of amides is 2. The molecule has 134 valence electrons. The van der Waals surface area contributed by atoms with E-state index in [2.05, 4.69) is 10.2 Å². The fraction of sp³-hybridized carbons (Fsp3) is 0.0952. The maximum atomic E-state index is 12.8. The first-order valence-corrected chi connectivity index (χ1v) is 8.54. The van der Waals surface area contributed by atoms with Crippen molar-refractivity contribution in [3.8, 4) is 11.1 Å². The van der Waals surface area contributed by atoms with Crippen LogP contribution < -0.4 is 5.73 Å². The van der Waals surface area contributed by atoms with Crippen LogP contribution in [0.4, 0.5) is 0 Å². The molecule has 0 saturated heterocycles. The molecule has 0 spiro atoms. The summed E-state index contributed by atoms with van der Waals surface area (Å²) in [7, 11) is 1.57. The lowest BCUT2D eigenvalue weighted by Crippen LogP contribution is -2.35. The fourth-order valence-corrected chi connectivity index (χ4v) is 3.45. The standard InChI is InChI=1S/C21H18N4O2/c1-25(12-20(22)26)21(27)17-9-3-6-13-14(5-2-7-15(13)17)16-8-4-10-19-18(16)11-23-24-19/h2-11H,12H2,1H3,(H2,22,26)(H,23,24). The number of nitrogens with two attached hydrogens (primary N) is 1. The Morgan fingerprint density at radius 2 is 1.63 bits per heavy atom. The molecule has 1 heterocycles. The third-order valence-electron chi connectivity index (χ3n) is 4.67.